The number of aromatic carboxylic acids is 1. The van der Waals surface area contributed by atoms with Crippen LogP contribution in [0, 0.1) is 6.92 Å². The highest BCUT2D eigenvalue weighted by Crippen LogP contribution is 2.36. The van der Waals surface area contributed by atoms with E-state index in [1.807, 2.05) is 6.92 Å². The van der Waals surface area contributed by atoms with Crippen LogP contribution in [-0.2, 0) is 32.4 Å². The van der Waals surface area contributed by atoms with E-state index in [4.69, 9.17) is 0 Å². The summed E-state index contributed by atoms with van der Waals surface area (Å²) >= 11 is 0. The lowest BCUT2D eigenvalue weighted by Crippen LogP contribution is -2.26. The number of aromatic nitrogens is 2. The van der Waals surface area contributed by atoms with Crippen molar-refractivity contribution in [3.63, 3.8) is 0 Å². The molecule has 0 atom stereocenters. The maximum absolute atomic E-state index is 14.5. The number of benzene rings is 3. The molecular weight excluding hydrogens is 569 g/mol. The Morgan fingerprint density at radius 1 is 0.977 bits per heavy atom. The van der Waals surface area contributed by atoms with Crippen molar-refractivity contribution in [1.29, 1.82) is 0 Å². The maximum Gasteiger partial charge on any atom is 0.435 e. The third kappa shape index (κ3) is 8.19. The van der Waals surface area contributed by atoms with Gasteiger partial charge in [-0.25, -0.2) is 9.78 Å². The molecular formula is C32H32F5N3O3. The van der Waals surface area contributed by atoms with Gasteiger partial charge in [-0.1, -0.05) is 67.9 Å². The predicted octanol–water partition coefficient (Wildman–Crippen LogP) is 8.18. The Morgan fingerprint density at radius 3 is 2.28 bits per heavy atom. The molecule has 0 saturated heterocycles. The topological polar surface area (TPSA) is 67.6 Å². The third-order valence-corrected chi connectivity index (χ3v) is 6.94. The number of halogens is 5. The van der Waals surface area contributed by atoms with E-state index < -0.39 is 24.5 Å². The van der Waals surface area contributed by atoms with E-state index in [2.05, 4.69) is 9.72 Å². The van der Waals surface area contributed by atoms with Crippen molar-refractivity contribution in [3.05, 3.63) is 106 Å². The Labute approximate surface area is 246 Å². The summed E-state index contributed by atoms with van der Waals surface area (Å²) in [7, 11) is 0. The fourth-order valence-corrected chi connectivity index (χ4v) is 5.02. The summed E-state index contributed by atoms with van der Waals surface area (Å²) in [6, 6.07) is 19.5. The summed E-state index contributed by atoms with van der Waals surface area (Å²) in [4.78, 5) is 17.4. The van der Waals surface area contributed by atoms with Crippen molar-refractivity contribution in [1.82, 2.24) is 14.5 Å². The highest BCUT2D eigenvalue weighted by molar-refractivity contribution is 5.89. The number of ether oxygens (including phenoxy) is 1. The van der Waals surface area contributed by atoms with Gasteiger partial charge in [0.1, 0.15) is 11.6 Å². The van der Waals surface area contributed by atoms with Crippen molar-refractivity contribution >= 4 is 5.97 Å². The SMILES string of the molecule is CCCCn1c(-c2ccccc2)nc(C(F)(F)F)c1CN(Cc1cccc(OC(F)F)c1)Cc1ccc(C(=O)O)c(C)c1. The van der Waals surface area contributed by atoms with Crippen molar-refractivity contribution in [3.8, 4) is 17.1 Å². The van der Waals surface area contributed by atoms with Crippen LogP contribution in [0.25, 0.3) is 11.4 Å². The largest absolute Gasteiger partial charge is 0.478 e. The number of nitrogens with zero attached hydrogens (tertiary/aromatic N) is 3. The van der Waals surface area contributed by atoms with Crippen LogP contribution in [-0.4, -0.2) is 32.1 Å². The molecule has 0 unspecified atom stereocenters. The molecule has 11 heteroatoms. The molecule has 0 aliphatic carbocycles. The van der Waals surface area contributed by atoms with Crippen LogP contribution in [0.15, 0.2) is 72.8 Å². The van der Waals surface area contributed by atoms with Crippen LogP contribution >= 0.6 is 0 Å². The first kappa shape index (κ1) is 31.7. The van der Waals surface area contributed by atoms with E-state index in [0.717, 1.165) is 6.42 Å². The van der Waals surface area contributed by atoms with Crippen LogP contribution in [0.4, 0.5) is 22.0 Å². The summed E-state index contributed by atoms with van der Waals surface area (Å²) < 4.78 is 75.4. The molecule has 228 valence electrons. The first-order valence-electron chi connectivity index (χ1n) is 13.8. The zero-order valence-corrected chi connectivity index (χ0v) is 23.7. The van der Waals surface area contributed by atoms with Gasteiger partial charge in [0.25, 0.3) is 0 Å². The van der Waals surface area contributed by atoms with Crippen LogP contribution in [0.2, 0.25) is 0 Å². The average Bonchev–Trinajstić information content (AvgIpc) is 3.30. The second-order valence-corrected chi connectivity index (χ2v) is 10.2. The Hall–Kier alpha value is -4.25. The van der Waals surface area contributed by atoms with E-state index in [9.17, 15) is 31.9 Å². The number of carboxylic acid groups (broad SMARTS) is 1. The lowest BCUT2D eigenvalue weighted by molar-refractivity contribution is -0.141. The number of aryl methyl sites for hydroxylation is 1. The molecule has 1 N–H and O–H groups in total. The number of rotatable bonds is 13. The Balaban J connectivity index is 1.80. The molecule has 6 nitrogen and oxygen atoms in total. The first-order chi connectivity index (χ1) is 20.5. The van der Waals surface area contributed by atoms with Crippen molar-refractivity contribution in [2.24, 2.45) is 0 Å². The number of unbranched alkanes of at least 4 members (excludes halogenated alkanes) is 1. The fraction of sp³-hybridized carbons (Fsp3) is 0.312. The molecule has 1 heterocycles. The van der Waals surface area contributed by atoms with Gasteiger partial charge in [-0.2, -0.15) is 22.0 Å². The highest BCUT2D eigenvalue weighted by Gasteiger charge is 2.39. The minimum absolute atomic E-state index is 0.0151. The maximum atomic E-state index is 14.5. The third-order valence-electron chi connectivity index (χ3n) is 6.94. The van der Waals surface area contributed by atoms with E-state index in [-0.39, 0.29) is 42.5 Å². The van der Waals surface area contributed by atoms with Crippen molar-refractivity contribution < 1.29 is 36.6 Å². The average molecular weight is 602 g/mol. The van der Waals surface area contributed by atoms with Gasteiger partial charge in [-0.3, -0.25) is 4.90 Å². The van der Waals surface area contributed by atoms with Gasteiger partial charge in [0.05, 0.1) is 11.3 Å². The van der Waals surface area contributed by atoms with E-state index in [0.29, 0.717) is 35.2 Å². The molecule has 4 aromatic rings. The molecule has 4 rings (SSSR count). The van der Waals surface area contributed by atoms with Gasteiger partial charge in [-0.05, 0) is 48.2 Å². The minimum atomic E-state index is -4.73. The molecule has 0 aliphatic heterocycles. The fourth-order valence-electron chi connectivity index (χ4n) is 5.02. The lowest BCUT2D eigenvalue weighted by atomic mass is 10.0. The Kier molecular flexibility index (Phi) is 10.2. The van der Waals surface area contributed by atoms with E-state index in [1.54, 1.807) is 64.9 Å². The molecule has 0 saturated carbocycles. The zero-order chi connectivity index (χ0) is 31.1. The minimum Gasteiger partial charge on any atom is -0.478 e. The number of carboxylic acids is 1. The quantitative estimate of drug-likeness (QED) is 0.157. The number of hydrogen-bond donors (Lipinski definition) is 1. The summed E-state index contributed by atoms with van der Waals surface area (Å²) in [5.41, 5.74) is 1.41. The van der Waals surface area contributed by atoms with Crippen LogP contribution in [0.3, 0.4) is 0 Å². The van der Waals surface area contributed by atoms with Crippen LogP contribution < -0.4 is 4.74 Å². The number of carbonyl (C=O) groups is 1. The van der Waals surface area contributed by atoms with Crippen LogP contribution in [0.1, 0.15) is 58.2 Å². The van der Waals surface area contributed by atoms with Gasteiger partial charge in [0.15, 0.2) is 5.69 Å². The highest BCUT2D eigenvalue weighted by atomic mass is 19.4. The Morgan fingerprint density at radius 2 is 1.67 bits per heavy atom. The number of alkyl halides is 5. The smallest absolute Gasteiger partial charge is 0.435 e. The molecule has 0 amide bonds. The Bertz CT molecular complexity index is 1540. The van der Waals surface area contributed by atoms with Gasteiger partial charge < -0.3 is 14.4 Å². The molecule has 0 aliphatic rings. The predicted molar refractivity (Wildman–Crippen MR) is 152 cm³/mol. The van der Waals surface area contributed by atoms with Gasteiger partial charge in [0, 0.05) is 31.7 Å². The van der Waals surface area contributed by atoms with Gasteiger partial charge >= 0.3 is 18.8 Å². The van der Waals surface area contributed by atoms with E-state index in [1.165, 1.54) is 24.3 Å². The molecule has 43 heavy (non-hydrogen) atoms. The standard InChI is InChI=1S/C32H32F5N3O3/c1-3-4-15-40-27(28(32(35,36)37)38-29(40)24-10-6-5-7-11-24)20-39(18-22-9-8-12-25(17-22)43-31(33)34)19-23-13-14-26(30(41)42)21(2)16-23/h5-14,16-17,31H,3-4,15,18-20H2,1-2H3,(H,41,42). The summed E-state index contributed by atoms with van der Waals surface area (Å²) in [6.07, 6.45) is -3.35. The lowest BCUT2D eigenvalue weighted by Gasteiger charge is -2.25. The van der Waals surface area contributed by atoms with Gasteiger partial charge in [-0.15, -0.1) is 0 Å². The zero-order valence-electron chi connectivity index (χ0n) is 23.7. The van der Waals surface area contributed by atoms with Crippen molar-refractivity contribution in [2.75, 3.05) is 0 Å². The second kappa shape index (κ2) is 13.8. The molecule has 0 spiro atoms. The van der Waals surface area contributed by atoms with Crippen LogP contribution in [0.5, 0.6) is 5.75 Å². The van der Waals surface area contributed by atoms with Crippen molar-refractivity contribution in [2.45, 2.75) is 65.7 Å². The molecule has 0 bridgehead atoms. The summed E-state index contributed by atoms with van der Waals surface area (Å²) in [6.45, 7) is 0.966. The normalized spacial score (nSPS) is 11.8. The molecule has 1 aromatic heterocycles. The summed E-state index contributed by atoms with van der Waals surface area (Å²) in [5.74, 6) is -0.936. The first-order valence-corrected chi connectivity index (χ1v) is 13.8. The van der Waals surface area contributed by atoms with Gasteiger partial charge in [0.2, 0.25) is 0 Å². The van der Waals surface area contributed by atoms with E-state index >= 15 is 0 Å². The summed E-state index contributed by atoms with van der Waals surface area (Å²) in [5, 5.41) is 9.43. The number of hydrogen-bond acceptors (Lipinski definition) is 4. The monoisotopic (exact) mass is 601 g/mol. The molecule has 0 radical (unpaired) electrons. The number of imidazole rings is 1. The molecule has 0 fully saturated rings. The second-order valence-electron chi connectivity index (χ2n) is 10.2. The molecule has 3 aromatic carbocycles.